The Morgan fingerprint density at radius 2 is 2.46 bits per heavy atom. The topological polar surface area (TPSA) is 65.1 Å². The number of nitrogen functional groups attached to an aromatic ring is 1. The molecule has 0 atom stereocenters. The first kappa shape index (κ1) is 9.85. The Labute approximate surface area is 77.9 Å². The molecule has 0 spiro atoms. The van der Waals surface area contributed by atoms with Gasteiger partial charge in [-0.3, -0.25) is 4.68 Å². The van der Waals surface area contributed by atoms with Crippen molar-refractivity contribution in [1.29, 1.82) is 0 Å². The van der Waals surface area contributed by atoms with Crippen LogP contribution in [0.5, 0.6) is 0 Å². The largest absolute Gasteiger partial charge is 0.394 e. The third-order valence-electron chi connectivity index (χ3n) is 1.67. The molecule has 0 unspecified atom stereocenters. The third-order valence-corrected chi connectivity index (χ3v) is 1.67. The van der Waals surface area contributed by atoms with E-state index in [9.17, 15) is 0 Å². The third kappa shape index (κ3) is 2.95. The summed E-state index contributed by atoms with van der Waals surface area (Å²) < 4.78 is 6.61. The lowest BCUT2D eigenvalue weighted by Gasteiger charge is -2.02. The van der Waals surface area contributed by atoms with Gasteiger partial charge in [0.2, 0.25) is 0 Å². The summed E-state index contributed by atoms with van der Waals surface area (Å²) in [4.78, 5) is 0. The molecule has 74 valence electrons. The van der Waals surface area contributed by atoms with Crippen LogP contribution in [-0.2, 0) is 11.8 Å². The second-order valence-corrected chi connectivity index (χ2v) is 2.88. The fraction of sp³-hybridized carbons (Fsp3) is 0.625. The number of ether oxygens (including phenoxy) is 1. The highest BCUT2D eigenvalue weighted by atomic mass is 16.5. The second-order valence-electron chi connectivity index (χ2n) is 2.88. The van der Waals surface area contributed by atoms with Gasteiger partial charge in [0.05, 0.1) is 5.69 Å². The smallest absolute Gasteiger partial charge is 0.171 e. The lowest BCUT2D eigenvalue weighted by atomic mass is 10.4. The van der Waals surface area contributed by atoms with E-state index in [4.69, 9.17) is 10.5 Å². The Bertz CT molecular complexity index is 259. The first-order valence-corrected chi connectivity index (χ1v) is 4.26. The predicted molar refractivity (Wildman–Crippen MR) is 52.6 cm³/mol. The molecule has 5 heteroatoms. The SMILES string of the molecule is COCCCNc1nn(C)cc1N. The fourth-order valence-electron chi connectivity index (χ4n) is 1.07. The van der Waals surface area contributed by atoms with E-state index >= 15 is 0 Å². The number of nitrogens with one attached hydrogen (secondary N) is 1. The van der Waals surface area contributed by atoms with Gasteiger partial charge in [-0.05, 0) is 6.42 Å². The molecule has 1 rings (SSSR count). The molecule has 0 radical (unpaired) electrons. The van der Waals surface area contributed by atoms with Crippen molar-refractivity contribution in [3.05, 3.63) is 6.20 Å². The van der Waals surface area contributed by atoms with Gasteiger partial charge in [0.1, 0.15) is 0 Å². The lowest BCUT2D eigenvalue weighted by Crippen LogP contribution is -2.06. The second kappa shape index (κ2) is 4.71. The molecule has 0 bridgehead atoms. The van der Waals surface area contributed by atoms with Crippen LogP contribution in [0.3, 0.4) is 0 Å². The number of aromatic nitrogens is 2. The predicted octanol–water partition coefficient (Wildman–Crippen LogP) is 0.451. The van der Waals surface area contributed by atoms with E-state index in [2.05, 4.69) is 10.4 Å². The fourth-order valence-corrected chi connectivity index (χ4v) is 1.07. The van der Waals surface area contributed by atoms with Crippen LogP contribution >= 0.6 is 0 Å². The maximum Gasteiger partial charge on any atom is 0.171 e. The summed E-state index contributed by atoms with van der Waals surface area (Å²) in [5, 5.41) is 7.28. The molecule has 13 heavy (non-hydrogen) atoms. The summed E-state index contributed by atoms with van der Waals surface area (Å²) >= 11 is 0. The van der Waals surface area contributed by atoms with Crippen LogP contribution in [0, 0.1) is 0 Å². The minimum atomic E-state index is 0.680. The maximum atomic E-state index is 5.68. The zero-order valence-electron chi connectivity index (χ0n) is 8.08. The van der Waals surface area contributed by atoms with Crippen LogP contribution in [0.2, 0.25) is 0 Å². The Morgan fingerprint density at radius 1 is 1.69 bits per heavy atom. The van der Waals surface area contributed by atoms with Crippen LogP contribution in [0.25, 0.3) is 0 Å². The van der Waals surface area contributed by atoms with E-state index in [1.54, 1.807) is 18.0 Å². The van der Waals surface area contributed by atoms with E-state index in [0.717, 1.165) is 25.4 Å². The van der Waals surface area contributed by atoms with Crippen LogP contribution in [0.1, 0.15) is 6.42 Å². The summed E-state index contributed by atoms with van der Waals surface area (Å²) in [7, 11) is 3.53. The average Bonchev–Trinajstić information content (AvgIpc) is 2.39. The first-order chi connectivity index (χ1) is 6.24. The number of hydrogen-bond donors (Lipinski definition) is 2. The van der Waals surface area contributed by atoms with Gasteiger partial charge in [0, 0.05) is 33.5 Å². The van der Waals surface area contributed by atoms with Crippen molar-refractivity contribution in [3.63, 3.8) is 0 Å². The van der Waals surface area contributed by atoms with Crippen LogP contribution in [-0.4, -0.2) is 30.0 Å². The van der Waals surface area contributed by atoms with E-state index in [0.29, 0.717) is 5.69 Å². The first-order valence-electron chi connectivity index (χ1n) is 4.26. The quantitative estimate of drug-likeness (QED) is 0.652. The van der Waals surface area contributed by atoms with Crippen LogP contribution in [0.15, 0.2) is 6.20 Å². The highest BCUT2D eigenvalue weighted by Gasteiger charge is 2.01. The molecular formula is C8H16N4O. The number of aryl methyl sites for hydroxylation is 1. The Kier molecular flexibility index (Phi) is 3.57. The van der Waals surface area contributed by atoms with Crippen molar-refractivity contribution >= 4 is 11.5 Å². The molecule has 0 saturated heterocycles. The Balaban J connectivity index is 2.32. The number of methoxy groups -OCH3 is 1. The molecular weight excluding hydrogens is 168 g/mol. The maximum absolute atomic E-state index is 5.68. The van der Waals surface area contributed by atoms with Crippen LogP contribution < -0.4 is 11.1 Å². The van der Waals surface area contributed by atoms with Gasteiger partial charge >= 0.3 is 0 Å². The molecule has 0 amide bonds. The number of anilines is 2. The van der Waals surface area contributed by atoms with Crippen molar-refractivity contribution in [2.75, 3.05) is 31.3 Å². The van der Waals surface area contributed by atoms with Crippen molar-refractivity contribution in [2.24, 2.45) is 7.05 Å². The molecule has 5 nitrogen and oxygen atoms in total. The molecule has 0 aliphatic heterocycles. The van der Waals surface area contributed by atoms with E-state index < -0.39 is 0 Å². The molecule has 0 fully saturated rings. The number of nitrogens with zero attached hydrogens (tertiary/aromatic N) is 2. The molecule has 0 aromatic carbocycles. The van der Waals surface area contributed by atoms with Crippen LogP contribution in [0.4, 0.5) is 11.5 Å². The average molecular weight is 184 g/mol. The minimum absolute atomic E-state index is 0.680. The van der Waals surface area contributed by atoms with Gasteiger partial charge in [-0.25, -0.2) is 0 Å². The summed E-state index contributed by atoms with van der Waals surface area (Å²) in [5.74, 6) is 0.749. The van der Waals surface area contributed by atoms with Gasteiger partial charge < -0.3 is 15.8 Å². The summed E-state index contributed by atoms with van der Waals surface area (Å²) in [5.41, 5.74) is 6.36. The molecule has 1 heterocycles. The van der Waals surface area contributed by atoms with Crippen molar-refractivity contribution in [1.82, 2.24) is 9.78 Å². The highest BCUT2D eigenvalue weighted by molar-refractivity contribution is 5.59. The number of rotatable bonds is 5. The van der Waals surface area contributed by atoms with Crippen molar-refractivity contribution in [3.8, 4) is 0 Å². The Morgan fingerprint density at radius 3 is 3.00 bits per heavy atom. The van der Waals surface area contributed by atoms with E-state index in [1.807, 2.05) is 7.05 Å². The van der Waals surface area contributed by atoms with E-state index in [-0.39, 0.29) is 0 Å². The molecule has 1 aromatic rings. The normalized spacial score (nSPS) is 10.3. The van der Waals surface area contributed by atoms with Gasteiger partial charge in [0.25, 0.3) is 0 Å². The van der Waals surface area contributed by atoms with Crippen molar-refractivity contribution < 1.29 is 4.74 Å². The summed E-state index contributed by atoms with van der Waals surface area (Å²) in [6.45, 7) is 1.58. The molecule has 0 aliphatic carbocycles. The van der Waals surface area contributed by atoms with Gasteiger partial charge in [-0.15, -0.1) is 0 Å². The molecule has 0 saturated carbocycles. The zero-order chi connectivity index (χ0) is 9.68. The zero-order valence-corrected chi connectivity index (χ0v) is 8.08. The van der Waals surface area contributed by atoms with E-state index in [1.165, 1.54) is 0 Å². The number of nitrogens with two attached hydrogens (primary N) is 1. The highest BCUT2D eigenvalue weighted by Crippen LogP contribution is 2.13. The van der Waals surface area contributed by atoms with Crippen molar-refractivity contribution in [2.45, 2.75) is 6.42 Å². The van der Waals surface area contributed by atoms with Gasteiger partial charge in [-0.2, -0.15) is 5.10 Å². The van der Waals surface area contributed by atoms with Gasteiger partial charge in [0.15, 0.2) is 5.82 Å². The Hall–Kier alpha value is -1.23. The standard InChI is InChI=1S/C8H16N4O/c1-12-6-7(9)8(11-12)10-4-3-5-13-2/h6H,3-5,9H2,1-2H3,(H,10,11). The minimum Gasteiger partial charge on any atom is -0.394 e. The molecule has 0 aliphatic rings. The lowest BCUT2D eigenvalue weighted by molar-refractivity contribution is 0.198. The summed E-state index contributed by atoms with van der Waals surface area (Å²) in [6, 6.07) is 0. The molecule has 1 aromatic heterocycles. The van der Waals surface area contributed by atoms with Gasteiger partial charge in [-0.1, -0.05) is 0 Å². The molecule has 3 N–H and O–H groups in total. The monoisotopic (exact) mass is 184 g/mol. The summed E-state index contributed by atoms with van der Waals surface area (Å²) in [6.07, 6.45) is 2.73. The number of hydrogen-bond acceptors (Lipinski definition) is 4.